The van der Waals surface area contributed by atoms with E-state index in [2.05, 4.69) is 30.0 Å². The second kappa shape index (κ2) is 8.30. The average Bonchev–Trinajstić information content (AvgIpc) is 3.40. The molecule has 9 nitrogen and oxygen atoms in total. The van der Waals surface area contributed by atoms with E-state index in [-0.39, 0.29) is 18.1 Å². The predicted octanol–water partition coefficient (Wildman–Crippen LogP) is 2.94. The molecule has 4 N–H and O–H groups in total. The molecule has 0 aliphatic carbocycles. The van der Waals surface area contributed by atoms with Crippen molar-refractivity contribution in [1.82, 2.24) is 29.7 Å². The summed E-state index contributed by atoms with van der Waals surface area (Å²) in [5, 5.41) is 2.31. The minimum atomic E-state index is -4.78. The second-order valence-electron chi connectivity index (χ2n) is 6.83. The summed E-state index contributed by atoms with van der Waals surface area (Å²) in [5.41, 5.74) is 9.46. The number of carbonyl (C=O) groups is 1. The number of ether oxygens (including phenoxy) is 1. The number of nitrogens with one attached hydrogen (secondary N) is 2. The summed E-state index contributed by atoms with van der Waals surface area (Å²) in [4.78, 5) is 28.7. The maximum atomic E-state index is 12.5. The van der Waals surface area contributed by atoms with Gasteiger partial charge in [0.2, 0.25) is 0 Å². The number of aromatic nitrogens is 5. The van der Waals surface area contributed by atoms with E-state index in [9.17, 15) is 18.0 Å². The van der Waals surface area contributed by atoms with Crippen LogP contribution in [-0.2, 0) is 4.74 Å². The molecular formula is C20H18F3N7O2. The largest absolute Gasteiger partial charge is 0.522 e. The maximum absolute atomic E-state index is 12.5. The van der Waals surface area contributed by atoms with Crippen LogP contribution in [0.5, 0.6) is 0 Å². The molecule has 0 aliphatic rings. The summed E-state index contributed by atoms with van der Waals surface area (Å²) in [6.45, 7) is 0.770. The summed E-state index contributed by atoms with van der Waals surface area (Å²) in [7, 11) is 0. The number of hydrogen-bond acceptors (Lipinski definition) is 6. The molecular weight excluding hydrogens is 427 g/mol. The SMILES string of the molecule is Cc1cnc2ccc(-c3nc(C(=O)NCCOC(F)(F)F)c(N)nc3-c3ccc[nH]3)cn12. The van der Waals surface area contributed by atoms with Crippen LogP contribution >= 0.6 is 0 Å². The molecule has 0 atom stereocenters. The van der Waals surface area contributed by atoms with Gasteiger partial charge in [-0.3, -0.25) is 9.53 Å². The number of fused-ring (bicyclic) bond motifs is 1. The molecule has 0 saturated heterocycles. The van der Waals surface area contributed by atoms with Gasteiger partial charge in [0.1, 0.15) is 17.0 Å². The summed E-state index contributed by atoms with van der Waals surface area (Å²) in [6, 6.07) is 7.14. The molecule has 0 radical (unpaired) electrons. The third kappa shape index (κ3) is 4.39. The van der Waals surface area contributed by atoms with Gasteiger partial charge in [0.25, 0.3) is 5.91 Å². The number of nitrogens with zero attached hydrogens (tertiary/aromatic N) is 4. The van der Waals surface area contributed by atoms with E-state index in [4.69, 9.17) is 5.73 Å². The fourth-order valence-corrected chi connectivity index (χ4v) is 3.14. The van der Waals surface area contributed by atoms with E-state index in [0.717, 1.165) is 11.3 Å². The Morgan fingerprint density at radius 2 is 2.06 bits per heavy atom. The summed E-state index contributed by atoms with van der Waals surface area (Å²) < 4.78 is 41.9. The number of anilines is 1. The highest BCUT2D eigenvalue weighted by Crippen LogP contribution is 2.30. The Bertz CT molecular complexity index is 1270. The third-order valence-electron chi connectivity index (χ3n) is 4.61. The van der Waals surface area contributed by atoms with Gasteiger partial charge in [-0.2, -0.15) is 0 Å². The third-order valence-corrected chi connectivity index (χ3v) is 4.61. The minimum absolute atomic E-state index is 0.160. The number of aromatic amines is 1. The Morgan fingerprint density at radius 3 is 2.78 bits per heavy atom. The minimum Gasteiger partial charge on any atom is -0.382 e. The number of halogens is 3. The van der Waals surface area contributed by atoms with E-state index in [1.165, 1.54) is 0 Å². The maximum Gasteiger partial charge on any atom is 0.522 e. The molecule has 0 aromatic carbocycles. The van der Waals surface area contributed by atoms with E-state index in [0.29, 0.717) is 22.6 Å². The number of rotatable bonds is 6. The molecule has 4 heterocycles. The van der Waals surface area contributed by atoms with Gasteiger partial charge in [-0.25, -0.2) is 15.0 Å². The number of pyridine rings is 1. The van der Waals surface area contributed by atoms with Crippen molar-refractivity contribution in [3.05, 3.63) is 54.2 Å². The van der Waals surface area contributed by atoms with Crippen LogP contribution in [0.4, 0.5) is 19.0 Å². The first kappa shape index (κ1) is 21.3. The van der Waals surface area contributed by atoms with Crippen LogP contribution in [0.15, 0.2) is 42.9 Å². The Kier molecular flexibility index (Phi) is 5.53. The highest BCUT2D eigenvalue weighted by atomic mass is 19.4. The lowest BCUT2D eigenvalue weighted by Gasteiger charge is -2.13. The van der Waals surface area contributed by atoms with Gasteiger partial charge in [0.15, 0.2) is 11.5 Å². The van der Waals surface area contributed by atoms with Crippen LogP contribution in [0.3, 0.4) is 0 Å². The molecule has 4 aromatic heterocycles. The Balaban J connectivity index is 1.71. The zero-order chi connectivity index (χ0) is 22.9. The second-order valence-corrected chi connectivity index (χ2v) is 6.83. The van der Waals surface area contributed by atoms with Crippen LogP contribution in [0.2, 0.25) is 0 Å². The molecule has 1 amide bonds. The number of amides is 1. The molecule has 0 fully saturated rings. The molecule has 4 aromatic rings. The normalized spacial score (nSPS) is 11.8. The first-order valence-corrected chi connectivity index (χ1v) is 9.47. The molecule has 166 valence electrons. The summed E-state index contributed by atoms with van der Waals surface area (Å²) >= 11 is 0. The fraction of sp³-hybridized carbons (Fsp3) is 0.200. The van der Waals surface area contributed by atoms with E-state index < -0.39 is 18.9 Å². The van der Waals surface area contributed by atoms with Gasteiger partial charge in [-0.1, -0.05) is 0 Å². The molecule has 32 heavy (non-hydrogen) atoms. The van der Waals surface area contributed by atoms with Crippen molar-refractivity contribution in [1.29, 1.82) is 0 Å². The lowest BCUT2D eigenvalue weighted by molar-refractivity contribution is -0.323. The molecule has 12 heteroatoms. The Morgan fingerprint density at radius 1 is 1.25 bits per heavy atom. The molecule has 0 bridgehead atoms. The quantitative estimate of drug-likeness (QED) is 0.392. The first-order chi connectivity index (χ1) is 15.2. The van der Waals surface area contributed by atoms with Gasteiger partial charge in [0, 0.05) is 36.4 Å². The highest BCUT2D eigenvalue weighted by molar-refractivity contribution is 5.97. The van der Waals surface area contributed by atoms with Gasteiger partial charge < -0.3 is 20.4 Å². The van der Waals surface area contributed by atoms with E-state index in [1.807, 2.05) is 17.5 Å². The van der Waals surface area contributed by atoms with Crippen LogP contribution in [0.1, 0.15) is 16.2 Å². The standard InChI is InChI=1S/C20H18F3N7O2/c1-11-9-27-14-5-4-12(10-30(11)14)15-16(13-3-2-6-25-13)29-18(24)17(28-15)19(31)26-7-8-32-20(21,22)23/h2-6,9-10,25H,7-8H2,1H3,(H2,24,29)(H,26,31). The predicted molar refractivity (Wildman–Crippen MR) is 109 cm³/mol. The number of nitrogen functional groups attached to an aromatic ring is 1. The van der Waals surface area contributed by atoms with Crippen molar-refractivity contribution in [3.8, 4) is 22.6 Å². The zero-order valence-corrected chi connectivity index (χ0v) is 16.8. The number of H-pyrrole nitrogens is 1. The van der Waals surface area contributed by atoms with E-state index >= 15 is 0 Å². The van der Waals surface area contributed by atoms with Crippen molar-refractivity contribution in [2.45, 2.75) is 13.3 Å². The van der Waals surface area contributed by atoms with Crippen molar-refractivity contribution in [2.75, 3.05) is 18.9 Å². The van der Waals surface area contributed by atoms with Gasteiger partial charge in [-0.05, 0) is 31.2 Å². The molecule has 4 rings (SSSR count). The van der Waals surface area contributed by atoms with Crippen molar-refractivity contribution in [2.24, 2.45) is 0 Å². The average molecular weight is 445 g/mol. The van der Waals surface area contributed by atoms with Gasteiger partial charge >= 0.3 is 6.36 Å². The lowest BCUT2D eigenvalue weighted by Crippen LogP contribution is -2.31. The van der Waals surface area contributed by atoms with Crippen LogP contribution < -0.4 is 11.1 Å². The molecule has 0 spiro atoms. The number of carbonyl (C=O) groups excluding carboxylic acids is 1. The number of alkyl halides is 3. The topological polar surface area (TPSA) is 123 Å². The number of imidazole rings is 1. The van der Waals surface area contributed by atoms with Gasteiger partial charge in [0.05, 0.1) is 12.3 Å². The Hall–Kier alpha value is -3.93. The van der Waals surface area contributed by atoms with Gasteiger partial charge in [-0.15, -0.1) is 13.2 Å². The molecule has 0 unspecified atom stereocenters. The van der Waals surface area contributed by atoms with Crippen LogP contribution in [0.25, 0.3) is 28.3 Å². The summed E-state index contributed by atoms with van der Waals surface area (Å²) in [5.74, 6) is -0.924. The van der Waals surface area contributed by atoms with Crippen molar-refractivity contribution < 1.29 is 22.7 Å². The first-order valence-electron chi connectivity index (χ1n) is 9.47. The van der Waals surface area contributed by atoms with Crippen molar-refractivity contribution in [3.63, 3.8) is 0 Å². The van der Waals surface area contributed by atoms with Crippen LogP contribution in [-0.4, -0.2) is 49.8 Å². The Labute approximate surface area is 179 Å². The summed E-state index contributed by atoms with van der Waals surface area (Å²) in [6.07, 6.45) is 0.463. The lowest BCUT2D eigenvalue weighted by atomic mass is 10.1. The zero-order valence-electron chi connectivity index (χ0n) is 16.8. The van der Waals surface area contributed by atoms with Crippen LogP contribution in [0, 0.1) is 6.92 Å². The fourth-order valence-electron chi connectivity index (χ4n) is 3.14. The molecule has 0 aliphatic heterocycles. The smallest absolute Gasteiger partial charge is 0.382 e. The number of hydrogen-bond donors (Lipinski definition) is 3. The van der Waals surface area contributed by atoms with Crippen molar-refractivity contribution >= 4 is 17.4 Å². The number of nitrogens with two attached hydrogens (primary N) is 1. The molecule has 0 saturated carbocycles. The monoisotopic (exact) mass is 445 g/mol. The number of aryl methyl sites for hydroxylation is 1. The highest BCUT2D eigenvalue weighted by Gasteiger charge is 2.28. The van der Waals surface area contributed by atoms with E-state index in [1.54, 1.807) is 36.7 Å².